The Kier molecular flexibility index (Phi) is 11.4. The summed E-state index contributed by atoms with van der Waals surface area (Å²) in [6.07, 6.45) is 14.0. The highest BCUT2D eigenvalue weighted by atomic mass is 32.2. The predicted octanol–water partition coefficient (Wildman–Crippen LogP) is 6.85. The highest BCUT2D eigenvalue weighted by Crippen LogP contribution is 2.25. The van der Waals surface area contributed by atoms with E-state index < -0.39 is 0 Å². The fourth-order valence-corrected chi connectivity index (χ4v) is 3.87. The Balaban J connectivity index is 1.92. The zero-order chi connectivity index (χ0) is 16.0. The lowest BCUT2D eigenvalue weighted by Gasteiger charge is -2.08. The summed E-state index contributed by atoms with van der Waals surface area (Å²) in [6.45, 7) is 4.36. The molecule has 0 aliphatic heterocycles. The van der Waals surface area contributed by atoms with E-state index in [1.807, 2.05) is 17.8 Å². The van der Waals surface area contributed by atoms with Gasteiger partial charge in [0, 0.05) is 11.3 Å². The molecule has 1 aromatic rings. The summed E-state index contributed by atoms with van der Waals surface area (Å²) in [7, 11) is 0. The standard InChI is InChI=1S/C20H34OS/c1-3-4-5-6-7-8-9-10-11-12-16-22-17-19-18(2)14-13-15-20(19)21/h13-15,21H,3-12,16-17H2,1-2H3. The maximum atomic E-state index is 9.86. The fourth-order valence-electron chi connectivity index (χ4n) is 2.74. The average Bonchev–Trinajstić information content (AvgIpc) is 2.51. The summed E-state index contributed by atoms with van der Waals surface area (Å²) in [4.78, 5) is 0. The van der Waals surface area contributed by atoms with Gasteiger partial charge in [-0.2, -0.15) is 11.8 Å². The zero-order valence-electron chi connectivity index (χ0n) is 14.6. The second-order valence-electron chi connectivity index (χ2n) is 6.31. The van der Waals surface area contributed by atoms with E-state index in [1.54, 1.807) is 6.07 Å². The highest BCUT2D eigenvalue weighted by Gasteiger charge is 2.03. The van der Waals surface area contributed by atoms with Crippen LogP contribution in [0.5, 0.6) is 5.75 Å². The van der Waals surface area contributed by atoms with E-state index in [0.717, 1.165) is 11.3 Å². The van der Waals surface area contributed by atoms with E-state index in [9.17, 15) is 5.11 Å². The molecule has 0 saturated carbocycles. The Morgan fingerprint density at radius 3 is 2.05 bits per heavy atom. The van der Waals surface area contributed by atoms with Gasteiger partial charge in [-0.25, -0.2) is 0 Å². The number of hydrogen-bond acceptors (Lipinski definition) is 2. The second kappa shape index (κ2) is 12.9. The number of benzene rings is 1. The van der Waals surface area contributed by atoms with Crippen LogP contribution in [-0.4, -0.2) is 10.9 Å². The van der Waals surface area contributed by atoms with Gasteiger partial charge in [-0.3, -0.25) is 0 Å². The van der Waals surface area contributed by atoms with Gasteiger partial charge in [-0.05, 0) is 30.7 Å². The lowest BCUT2D eigenvalue weighted by molar-refractivity contribution is 0.470. The number of unbranched alkanes of at least 4 members (excludes halogenated alkanes) is 9. The molecule has 22 heavy (non-hydrogen) atoms. The summed E-state index contributed by atoms with van der Waals surface area (Å²) in [5.74, 6) is 2.61. The fraction of sp³-hybridized carbons (Fsp3) is 0.700. The third-order valence-electron chi connectivity index (χ3n) is 4.27. The van der Waals surface area contributed by atoms with Crippen LogP contribution >= 0.6 is 11.8 Å². The van der Waals surface area contributed by atoms with Crippen molar-refractivity contribution < 1.29 is 5.11 Å². The van der Waals surface area contributed by atoms with E-state index >= 15 is 0 Å². The molecule has 0 radical (unpaired) electrons. The minimum absolute atomic E-state index is 0.454. The van der Waals surface area contributed by atoms with Gasteiger partial charge < -0.3 is 5.11 Å². The Bertz CT molecular complexity index is 369. The van der Waals surface area contributed by atoms with Crippen LogP contribution in [-0.2, 0) is 5.75 Å². The summed E-state index contributed by atoms with van der Waals surface area (Å²) in [5.41, 5.74) is 2.31. The van der Waals surface area contributed by atoms with E-state index in [-0.39, 0.29) is 0 Å². The van der Waals surface area contributed by atoms with Crippen LogP contribution in [0.25, 0.3) is 0 Å². The molecule has 0 saturated heterocycles. The molecule has 1 N–H and O–H groups in total. The predicted molar refractivity (Wildman–Crippen MR) is 101 cm³/mol. The van der Waals surface area contributed by atoms with Crippen molar-refractivity contribution in [2.24, 2.45) is 0 Å². The molecule has 0 fully saturated rings. The molecule has 0 amide bonds. The minimum Gasteiger partial charge on any atom is -0.508 e. The van der Waals surface area contributed by atoms with Crippen LogP contribution in [0, 0.1) is 6.92 Å². The largest absolute Gasteiger partial charge is 0.508 e. The summed E-state index contributed by atoms with van der Waals surface area (Å²) >= 11 is 1.95. The van der Waals surface area contributed by atoms with Crippen molar-refractivity contribution >= 4 is 11.8 Å². The Hall–Kier alpha value is -0.630. The molecule has 0 atom stereocenters. The number of phenolic OH excluding ortho intramolecular Hbond substituents is 1. The van der Waals surface area contributed by atoms with Crippen molar-refractivity contribution in [1.29, 1.82) is 0 Å². The molecule has 1 rings (SSSR count). The smallest absolute Gasteiger partial charge is 0.119 e. The van der Waals surface area contributed by atoms with Crippen LogP contribution in [0.2, 0.25) is 0 Å². The van der Waals surface area contributed by atoms with Gasteiger partial charge >= 0.3 is 0 Å². The first-order valence-electron chi connectivity index (χ1n) is 9.11. The molecule has 126 valence electrons. The van der Waals surface area contributed by atoms with E-state index in [4.69, 9.17) is 0 Å². The van der Waals surface area contributed by atoms with Gasteiger partial charge in [-0.15, -0.1) is 0 Å². The van der Waals surface area contributed by atoms with Gasteiger partial charge in [-0.1, -0.05) is 76.8 Å². The van der Waals surface area contributed by atoms with E-state index in [1.165, 1.54) is 75.5 Å². The van der Waals surface area contributed by atoms with E-state index in [0.29, 0.717) is 5.75 Å². The van der Waals surface area contributed by atoms with Crippen molar-refractivity contribution in [1.82, 2.24) is 0 Å². The minimum atomic E-state index is 0.454. The molecule has 2 heteroatoms. The van der Waals surface area contributed by atoms with Crippen LogP contribution in [0.1, 0.15) is 82.3 Å². The molecular formula is C20H34OS. The maximum Gasteiger partial charge on any atom is 0.119 e. The van der Waals surface area contributed by atoms with Crippen LogP contribution in [0.15, 0.2) is 18.2 Å². The van der Waals surface area contributed by atoms with Crippen molar-refractivity contribution in [2.75, 3.05) is 5.75 Å². The van der Waals surface area contributed by atoms with Crippen molar-refractivity contribution in [3.63, 3.8) is 0 Å². The molecule has 0 spiro atoms. The van der Waals surface area contributed by atoms with Crippen LogP contribution < -0.4 is 0 Å². The molecule has 0 bridgehead atoms. The Morgan fingerprint density at radius 2 is 1.45 bits per heavy atom. The number of phenols is 1. The molecule has 0 unspecified atom stereocenters. The third-order valence-corrected chi connectivity index (χ3v) is 5.34. The summed E-state index contributed by atoms with van der Waals surface area (Å²) in [5, 5.41) is 9.86. The number of hydrogen-bond donors (Lipinski definition) is 1. The Morgan fingerprint density at radius 1 is 0.864 bits per heavy atom. The zero-order valence-corrected chi connectivity index (χ0v) is 15.4. The Labute approximate surface area is 141 Å². The highest BCUT2D eigenvalue weighted by molar-refractivity contribution is 7.98. The van der Waals surface area contributed by atoms with Gasteiger partial charge in [0.2, 0.25) is 0 Å². The first kappa shape index (κ1) is 19.4. The van der Waals surface area contributed by atoms with Crippen LogP contribution in [0.3, 0.4) is 0 Å². The van der Waals surface area contributed by atoms with Gasteiger partial charge in [0.1, 0.15) is 5.75 Å². The first-order chi connectivity index (χ1) is 10.8. The lowest BCUT2D eigenvalue weighted by atomic mass is 10.1. The van der Waals surface area contributed by atoms with Crippen molar-refractivity contribution in [3.8, 4) is 5.75 Å². The number of thioether (sulfide) groups is 1. The molecule has 0 heterocycles. The van der Waals surface area contributed by atoms with Gasteiger partial charge in [0.15, 0.2) is 0 Å². The van der Waals surface area contributed by atoms with Gasteiger partial charge in [0.05, 0.1) is 0 Å². The molecule has 0 aliphatic carbocycles. The lowest BCUT2D eigenvalue weighted by Crippen LogP contribution is -1.89. The first-order valence-corrected chi connectivity index (χ1v) is 10.3. The number of aromatic hydroxyl groups is 1. The van der Waals surface area contributed by atoms with Crippen molar-refractivity contribution in [2.45, 2.75) is 83.8 Å². The molecule has 1 nitrogen and oxygen atoms in total. The normalized spacial score (nSPS) is 11.0. The molecule has 0 aromatic heterocycles. The maximum absolute atomic E-state index is 9.86. The van der Waals surface area contributed by atoms with E-state index in [2.05, 4.69) is 19.9 Å². The van der Waals surface area contributed by atoms with Crippen molar-refractivity contribution in [3.05, 3.63) is 29.3 Å². The quantitative estimate of drug-likeness (QED) is 0.400. The summed E-state index contributed by atoms with van der Waals surface area (Å²) in [6, 6.07) is 5.79. The van der Waals surface area contributed by atoms with Gasteiger partial charge in [0.25, 0.3) is 0 Å². The van der Waals surface area contributed by atoms with Crippen LogP contribution in [0.4, 0.5) is 0 Å². The molecule has 1 aromatic carbocycles. The summed E-state index contributed by atoms with van der Waals surface area (Å²) < 4.78 is 0. The second-order valence-corrected chi connectivity index (χ2v) is 7.41. The SMILES string of the molecule is CCCCCCCCCCCCSCc1c(C)cccc1O. The third kappa shape index (κ3) is 8.73. The molecular weight excluding hydrogens is 288 g/mol. The monoisotopic (exact) mass is 322 g/mol. The average molecular weight is 323 g/mol. The number of rotatable bonds is 13. The number of aryl methyl sites for hydroxylation is 1. The topological polar surface area (TPSA) is 20.2 Å². The molecule has 0 aliphatic rings.